The largest absolute Gasteiger partial charge is 0.462 e. The zero-order valence-electron chi connectivity index (χ0n) is 29.7. The van der Waals surface area contributed by atoms with Crippen LogP contribution in [0.15, 0.2) is 11.8 Å². The van der Waals surface area contributed by atoms with Gasteiger partial charge in [-0.25, -0.2) is 4.79 Å². The molecule has 0 unspecified atom stereocenters. The van der Waals surface area contributed by atoms with Crippen molar-refractivity contribution in [2.24, 2.45) is 57.7 Å². The summed E-state index contributed by atoms with van der Waals surface area (Å²) < 4.78 is 36.2. The van der Waals surface area contributed by atoms with Crippen LogP contribution in [-0.2, 0) is 57.2 Å². The predicted molar refractivity (Wildman–Crippen MR) is 166 cm³/mol. The van der Waals surface area contributed by atoms with Crippen molar-refractivity contribution in [3.05, 3.63) is 11.8 Å². The van der Waals surface area contributed by atoms with Gasteiger partial charge in [0.15, 0.2) is 11.4 Å². The van der Waals surface area contributed by atoms with Gasteiger partial charge in [0.1, 0.15) is 42.4 Å². The highest BCUT2D eigenvalue weighted by Crippen LogP contribution is 2.76. The molecule has 0 bridgehead atoms. The van der Waals surface area contributed by atoms with E-state index in [-0.39, 0.29) is 12.2 Å². The summed E-state index contributed by atoms with van der Waals surface area (Å²) in [6.07, 6.45) is -5.40. The maximum absolute atomic E-state index is 14.5. The van der Waals surface area contributed by atoms with E-state index in [2.05, 4.69) is 0 Å². The van der Waals surface area contributed by atoms with E-state index >= 15 is 0 Å². The molecule has 0 amide bonds. The van der Waals surface area contributed by atoms with Gasteiger partial charge in [-0.15, -0.1) is 0 Å². The standard InChI is InChI=1S/C36H46O14/c1-12-10-19-35(8,36(9,44)32(43)50-19)24-21(12)34(7)22(28(24)45-13(2)37)20-23(29(46-14(3)38)31(34)48-16(5)40)33(6)17(25(41)26(20)42)11-18-27(49-18)30(33)47-15(4)39/h10,12,17-18,20-24,26-31,42,44H,11H2,1-9H3/t12-,17-,18+,20+,21+,22-,23-,24+,26-,27+,28-,29+,30+,31+,33+,34-,35+,36-/m0/s1. The Balaban J connectivity index is 1.53. The lowest BCUT2D eigenvalue weighted by atomic mass is 9.41. The van der Waals surface area contributed by atoms with E-state index in [4.69, 9.17) is 28.4 Å². The first-order valence-electron chi connectivity index (χ1n) is 17.4. The van der Waals surface area contributed by atoms with E-state index in [1.54, 1.807) is 26.8 Å². The Kier molecular flexibility index (Phi) is 7.59. The molecule has 50 heavy (non-hydrogen) atoms. The van der Waals surface area contributed by atoms with Crippen LogP contribution in [0.5, 0.6) is 0 Å². The SMILES string of the molecule is CC(=O)O[C@@H]1[C@@H]2[C@@H]([C@H]3[C@H](OC(C)=O)[C@H]4[C@@H]([C@@H](C)C=C5OC(=O)[C@](C)(O)[C@]54C)[C@]3(C)[C@@H]1OC(C)=O)[C@H](O)C(=O)[C@@H]1C[C@H]3O[C@H]3[C@@H](OC(C)=O)[C@@]21C. The molecule has 7 aliphatic rings. The highest BCUT2D eigenvalue weighted by molar-refractivity contribution is 5.88. The number of hydrogen-bond donors (Lipinski definition) is 2. The van der Waals surface area contributed by atoms with Crippen molar-refractivity contribution in [3.8, 4) is 0 Å². The third-order valence-corrected chi connectivity index (χ3v) is 14.1. The van der Waals surface area contributed by atoms with Crippen LogP contribution in [0.25, 0.3) is 0 Å². The van der Waals surface area contributed by atoms with Gasteiger partial charge < -0.3 is 38.6 Å². The van der Waals surface area contributed by atoms with E-state index in [1.165, 1.54) is 34.6 Å². The molecule has 0 aromatic rings. The zero-order chi connectivity index (χ0) is 36.8. The fourth-order valence-corrected chi connectivity index (χ4v) is 12.2. The number of Topliss-reactive ketones (excluding diaryl/α,β-unsaturated/α-hetero) is 1. The Morgan fingerprint density at radius 2 is 1.32 bits per heavy atom. The molecule has 274 valence electrons. The number of allylic oxidation sites excluding steroid dienone is 1. The highest BCUT2D eigenvalue weighted by atomic mass is 16.6. The lowest BCUT2D eigenvalue weighted by Gasteiger charge is -2.65. The summed E-state index contributed by atoms with van der Waals surface area (Å²) in [5, 5.41) is 24.2. The molecule has 2 aliphatic heterocycles. The maximum Gasteiger partial charge on any atom is 0.343 e. The second-order valence-electron chi connectivity index (χ2n) is 16.4. The molecule has 14 nitrogen and oxygen atoms in total. The first-order chi connectivity index (χ1) is 23.1. The first-order valence-corrected chi connectivity index (χ1v) is 17.4. The lowest BCUT2D eigenvalue weighted by molar-refractivity contribution is -0.272. The maximum atomic E-state index is 14.5. The summed E-state index contributed by atoms with van der Waals surface area (Å²) in [6.45, 7) is 13.3. The summed E-state index contributed by atoms with van der Waals surface area (Å²) >= 11 is 0. The van der Waals surface area contributed by atoms with Gasteiger partial charge in [-0.05, 0) is 38.2 Å². The third-order valence-electron chi connectivity index (χ3n) is 14.1. The van der Waals surface area contributed by atoms with Crippen molar-refractivity contribution < 1.29 is 67.4 Å². The smallest absolute Gasteiger partial charge is 0.343 e. The zero-order valence-corrected chi connectivity index (χ0v) is 29.7. The van der Waals surface area contributed by atoms with Gasteiger partial charge in [0.2, 0.25) is 0 Å². The molecule has 0 aromatic carbocycles. The molecule has 18 atom stereocenters. The van der Waals surface area contributed by atoms with Crippen LogP contribution < -0.4 is 0 Å². The molecule has 7 rings (SSSR count). The van der Waals surface area contributed by atoms with Crippen LogP contribution in [0.2, 0.25) is 0 Å². The Labute approximate surface area is 289 Å². The van der Waals surface area contributed by atoms with Crippen LogP contribution in [0, 0.1) is 57.7 Å². The molecule has 6 fully saturated rings. The van der Waals surface area contributed by atoms with Gasteiger partial charge in [-0.3, -0.25) is 24.0 Å². The Bertz CT molecular complexity index is 1620. The summed E-state index contributed by atoms with van der Waals surface area (Å²) in [6, 6.07) is 0. The number of esters is 5. The molecule has 2 N–H and O–H groups in total. The molecule has 4 saturated carbocycles. The third kappa shape index (κ3) is 4.24. The van der Waals surface area contributed by atoms with Crippen LogP contribution in [0.1, 0.15) is 68.7 Å². The Hall–Kier alpha value is -3.36. The van der Waals surface area contributed by atoms with Crippen molar-refractivity contribution in [2.75, 3.05) is 0 Å². The van der Waals surface area contributed by atoms with Gasteiger partial charge in [0, 0.05) is 68.1 Å². The van der Waals surface area contributed by atoms with Crippen molar-refractivity contribution >= 4 is 35.6 Å². The average Bonchev–Trinajstić information content (AvgIpc) is 3.68. The van der Waals surface area contributed by atoms with Crippen molar-refractivity contribution in [1.29, 1.82) is 0 Å². The van der Waals surface area contributed by atoms with E-state index in [1.807, 2.05) is 6.92 Å². The molecule has 0 spiro atoms. The summed E-state index contributed by atoms with van der Waals surface area (Å²) in [4.78, 5) is 79.7. The number of aliphatic hydroxyl groups excluding tert-OH is 1. The highest BCUT2D eigenvalue weighted by Gasteiger charge is 2.83. The van der Waals surface area contributed by atoms with E-state index in [0.717, 1.165) is 0 Å². The van der Waals surface area contributed by atoms with Gasteiger partial charge >= 0.3 is 29.8 Å². The molecule has 5 aliphatic carbocycles. The number of carbonyl (C=O) groups excluding carboxylic acids is 6. The van der Waals surface area contributed by atoms with Crippen LogP contribution >= 0.6 is 0 Å². The lowest BCUT2D eigenvalue weighted by Crippen LogP contribution is -2.74. The Morgan fingerprint density at radius 3 is 1.90 bits per heavy atom. The monoisotopic (exact) mass is 702 g/mol. The molecule has 0 aromatic heterocycles. The fraction of sp³-hybridized carbons (Fsp3) is 0.778. The number of ether oxygens (including phenoxy) is 6. The van der Waals surface area contributed by atoms with Crippen molar-refractivity contribution in [3.63, 3.8) is 0 Å². The summed E-state index contributed by atoms with van der Waals surface area (Å²) in [5.74, 6) is -9.94. The van der Waals surface area contributed by atoms with Gasteiger partial charge in [-0.2, -0.15) is 0 Å². The molecule has 2 saturated heterocycles. The normalized spacial score (nSPS) is 52.3. The number of rotatable bonds is 4. The number of epoxide rings is 1. The number of aliphatic hydroxyl groups is 2. The first kappa shape index (κ1) is 35.1. The van der Waals surface area contributed by atoms with Gasteiger partial charge in [0.05, 0.1) is 11.5 Å². The predicted octanol–water partition coefficient (Wildman–Crippen LogP) is 1.41. The average molecular weight is 703 g/mol. The number of ketones is 1. The van der Waals surface area contributed by atoms with Crippen LogP contribution in [0.4, 0.5) is 0 Å². The molecule has 0 radical (unpaired) electrons. The van der Waals surface area contributed by atoms with Crippen molar-refractivity contribution in [2.45, 2.75) is 117 Å². The van der Waals surface area contributed by atoms with E-state index in [9.17, 15) is 39.0 Å². The number of carbonyl (C=O) groups is 6. The van der Waals surface area contributed by atoms with Crippen LogP contribution in [-0.4, -0.2) is 94.2 Å². The topological polar surface area (TPSA) is 202 Å². The second-order valence-corrected chi connectivity index (χ2v) is 16.4. The number of fused-ring (bicyclic) bond motifs is 10. The molecular formula is C36H46O14. The van der Waals surface area contributed by atoms with Gasteiger partial charge in [-0.1, -0.05) is 20.8 Å². The Morgan fingerprint density at radius 1 is 0.780 bits per heavy atom. The van der Waals surface area contributed by atoms with E-state index < -0.39 is 142 Å². The van der Waals surface area contributed by atoms with Crippen molar-refractivity contribution in [1.82, 2.24) is 0 Å². The molecule has 2 heterocycles. The van der Waals surface area contributed by atoms with Gasteiger partial charge in [0.25, 0.3) is 0 Å². The van der Waals surface area contributed by atoms with E-state index in [0.29, 0.717) is 0 Å². The molecule has 14 heteroatoms. The minimum absolute atomic E-state index is 0.198. The fourth-order valence-electron chi connectivity index (χ4n) is 12.2. The minimum atomic E-state index is -2.10. The quantitative estimate of drug-likeness (QED) is 0.242. The summed E-state index contributed by atoms with van der Waals surface area (Å²) in [5.41, 5.74) is -6.23. The number of hydrogen-bond acceptors (Lipinski definition) is 14. The van der Waals surface area contributed by atoms with Crippen LogP contribution in [0.3, 0.4) is 0 Å². The minimum Gasteiger partial charge on any atom is -0.462 e. The second kappa shape index (κ2) is 10.8. The summed E-state index contributed by atoms with van der Waals surface area (Å²) in [7, 11) is 0. The molecular weight excluding hydrogens is 656 g/mol.